The minimum Gasteiger partial charge on any atom is -0.391 e. The topological polar surface area (TPSA) is 95.0 Å². The number of anilines is 1. The molecule has 28 heavy (non-hydrogen) atoms. The van der Waals surface area contributed by atoms with Gasteiger partial charge in [-0.25, -0.2) is 0 Å². The number of carbonyl (C=O) groups excluding carboxylic acids is 1. The Morgan fingerprint density at radius 1 is 1.21 bits per heavy atom. The number of H-pyrrole nitrogens is 1. The van der Waals surface area contributed by atoms with Crippen LogP contribution in [-0.4, -0.2) is 37.5 Å². The first kappa shape index (κ1) is 17.3. The first-order valence-electron chi connectivity index (χ1n) is 9.20. The summed E-state index contributed by atoms with van der Waals surface area (Å²) in [6, 6.07) is 9.60. The first-order valence-corrected chi connectivity index (χ1v) is 9.58. The molecular weight excluding hydrogens is 378 g/mol. The highest BCUT2D eigenvalue weighted by Crippen LogP contribution is 2.52. The summed E-state index contributed by atoms with van der Waals surface area (Å²) in [6.07, 6.45) is 4.83. The molecular formula is C20H18ClN5O2. The van der Waals surface area contributed by atoms with Crippen molar-refractivity contribution in [3.05, 3.63) is 58.9 Å². The molecule has 0 spiro atoms. The van der Waals surface area contributed by atoms with Crippen LogP contribution in [0.1, 0.15) is 17.5 Å². The van der Waals surface area contributed by atoms with E-state index in [2.05, 4.69) is 20.4 Å². The second-order valence-electron chi connectivity index (χ2n) is 7.30. The molecule has 142 valence electrons. The number of hydrogen-bond acceptors (Lipinski definition) is 5. The molecule has 2 fully saturated rings. The Morgan fingerprint density at radius 3 is 2.75 bits per heavy atom. The fourth-order valence-electron chi connectivity index (χ4n) is 4.22. The van der Waals surface area contributed by atoms with Gasteiger partial charge in [0.25, 0.3) is 0 Å². The van der Waals surface area contributed by atoms with Gasteiger partial charge < -0.3 is 5.11 Å². The number of aliphatic hydroxyl groups excluding tert-OH is 1. The molecule has 1 aromatic carbocycles. The van der Waals surface area contributed by atoms with Crippen LogP contribution in [0.25, 0.3) is 11.3 Å². The number of hydrogen-bond donors (Lipinski definition) is 2. The summed E-state index contributed by atoms with van der Waals surface area (Å²) < 4.78 is 0. The number of benzene rings is 1. The third kappa shape index (κ3) is 2.78. The molecule has 1 saturated heterocycles. The zero-order chi connectivity index (χ0) is 19.3. The van der Waals surface area contributed by atoms with Crippen LogP contribution in [-0.2, 0) is 17.8 Å². The maximum Gasteiger partial charge on any atom is 0.232 e. The first-order chi connectivity index (χ1) is 13.7. The molecule has 5 rings (SSSR count). The molecule has 7 nitrogen and oxygen atoms in total. The van der Waals surface area contributed by atoms with Gasteiger partial charge >= 0.3 is 0 Å². The van der Waals surface area contributed by atoms with Gasteiger partial charge in [-0.05, 0) is 42.5 Å². The zero-order valence-electron chi connectivity index (χ0n) is 14.9. The van der Waals surface area contributed by atoms with Crippen LogP contribution in [0.4, 0.5) is 5.82 Å². The van der Waals surface area contributed by atoms with Gasteiger partial charge in [-0.3, -0.25) is 14.8 Å². The number of aromatic amines is 1. The van der Waals surface area contributed by atoms with Crippen molar-refractivity contribution in [2.75, 3.05) is 4.90 Å². The third-order valence-electron chi connectivity index (χ3n) is 5.68. The monoisotopic (exact) mass is 395 g/mol. The minimum atomic E-state index is -0.216. The van der Waals surface area contributed by atoms with Crippen molar-refractivity contribution in [2.24, 2.45) is 11.8 Å². The molecule has 0 radical (unpaired) electrons. The Balaban J connectivity index is 1.44. The van der Waals surface area contributed by atoms with Crippen molar-refractivity contribution < 1.29 is 9.90 Å². The van der Waals surface area contributed by atoms with E-state index in [4.69, 9.17) is 11.6 Å². The normalized spacial score (nSPS) is 23.1. The number of aromatic nitrogens is 4. The fraction of sp³-hybridized carbons (Fsp3) is 0.300. The number of halogens is 1. The number of rotatable bonds is 5. The van der Waals surface area contributed by atoms with E-state index < -0.39 is 0 Å². The summed E-state index contributed by atoms with van der Waals surface area (Å²) in [5, 5.41) is 25.6. The van der Waals surface area contributed by atoms with Gasteiger partial charge in [-0.15, -0.1) is 0 Å². The van der Waals surface area contributed by atoms with Crippen LogP contribution in [0.3, 0.4) is 0 Å². The lowest BCUT2D eigenvalue weighted by Crippen LogP contribution is -2.33. The molecule has 2 N–H and O–H groups in total. The van der Waals surface area contributed by atoms with E-state index in [0.717, 1.165) is 17.5 Å². The average molecular weight is 396 g/mol. The van der Waals surface area contributed by atoms with Crippen LogP contribution >= 0.6 is 11.6 Å². The molecule has 3 aromatic rings. The van der Waals surface area contributed by atoms with E-state index in [9.17, 15) is 9.90 Å². The highest BCUT2D eigenvalue weighted by molar-refractivity contribution is 6.30. The van der Waals surface area contributed by atoms with E-state index >= 15 is 0 Å². The number of piperidine rings is 1. The van der Waals surface area contributed by atoms with Crippen molar-refractivity contribution in [3.8, 4) is 11.3 Å². The van der Waals surface area contributed by atoms with Gasteiger partial charge in [0.05, 0.1) is 19.0 Å². The predicted molar refractivity (Wildman–Crippen MR) is 104 cm³/mol. The molecule has 1 amide bonds. The molecule has 1 aliphatic heterocycles. The lowest BCUT2D eigenvalue weighted by atomic mass is 9.95. The second-order valence-corrected chi connectivity index (χ2v) is 7.74. The minimum absolute atomic E-state index is 0.0629. The number of nitrogens with one attached hydrogen (secondary N) is 1. The van der Waals surface area contributed by atoms with Crippen LogP contribution in [0.2, 0.25) is 5.02 Å². The summed E-state index contributed by atoms with van der Waals surface area (Å²) >= 11 is 5.97. The van der Waals surface area contributed by atoms with Crippen molar-refractivity contribution in [1.82, 2.24) is 20.4 Å². The zero-order valence-corrected chi connectivity index (χ0v) is 15.7. The molecule has 8 heteroatoms. The molecule has 3 atom stereocenters. The van der Waals surface area contributed by atoms with Crippen LogP contribution < -0.4 is 4.90 Å². The van der Waals surface area contributed by atoms with Gasteiger partial charge in [0.2, 0.25) is 5.91 Å². The molecule has 2 aromatic heterocycles. The Morgan fingerprint density at radius 2 is 2.04 bits per heavy atom. The van der Waals surface area contributed by atoms with Gasteiger partial charge in [0, 0.05) is 28.1 Å². The summed E-state index contributed by atoms with van der Waals surface area (Å²) in [7, 11) is 0. The van der Waals surface area contributed by atoms with Crippen molar-refractivity contribution >= 4 is 23.3 Å². The predicted octanol–water partition coefficient (Wildman–Crippen LogP) is 2.61. The average Bonchev–Trinajstić information content (AvgIpc) is 3.29. The van der Waals surface area contributed by atoms with Crippen LogP contribution in [0, 0.1) is 11.8 Å². The molecule has 3 heterocycles. The highest BCUT2D eigenvalue weighted by Gasteiger charge is 2.59. The summed E-state index contributed by atoms with van der Waals surface area (Å²) in [5.74, 6) is 0.940. The molecule has 0 bridgehead atoms. The number of nitrogens with zero attached hydrogens (tertiary/aromatic N) is 4. The molecule has 1 saturated carbocycles. The largest absolute Gasteiger partial charge is 0.391 e. The Hall–Kier alpha value is -2.77. The maximum absolute atomic E-state index is 13.2. The third-order valence-corrected chi connectivity index (χ3v) is 5.93. The van der Waals surface area contributed by atoms with E-state index in [1.807, 2.05) is 24.3 Å². The Kier molecular flexibility index (Phi) is 4.14. The summed E-state index contributed by atoms with van der Waals surface area (Å²) in [5.41, 5.74) is 3.06. The highest BCUT2D eigenvalue weighted by atomic mass is 35.5. The summed E-state index contributed by atoms with van der Waals surface area (Å²) in [4.78, 5) is 15.0. The van der Waals surface area contributed by atoms with E-state index in [1.54, 1.807) is 23.4 Å². The maximum atomic E-state index is 13.2. The van der Waals surface area contributed by atoms with E-state index in [1.165, 1.54) is 0 Å². The molecule has 2 aliphatic rings. The fourth-order valence-corrected chi connectivity index (χ4v) is 4.34. The lowest BCUT2D eigenvalue weighted by molar-refractivity contribution is -0.121. The quantitative estimate of drug-likeness (QED) is 0.692. The Bertz CT molecular complexity index is 1020. The summed E-state index contributed by atoms with van der Waals surface area (Å²) in [6.45, 7) is -0.216. The second kappa shape index (κ2) is 6.68. The van der Waals surface area contributed by atoms with Crippen molar-refractivity contribution in [1.29, 1.82) is 0 Å². The number of fused-ring (bicyclic) bond motifs is 1. The number of aliphatic hydroxyl groups is 1. The van der Waals surface area contributed by atoms with Gasteiger partial charge in [0.15, 0.2) is 0 Å². The van der Waals surface area contributed by atoms with Crippen LogP contribution in [0.15, 0.2) is 42.7 Å². The SMILES string of the molecule is O=C1C(Cc2ccc(Cl)cc2)C2CC2N1c1[nH]nc(-c2ccnnc2)c1CO. The molecule has 3 unspecified atom stereocenters. The van der Waals surface area contributed by atoms with Gasteiger partial charge in [0.1, 0.15) is 11.5 Å². The lowest BCUT2D eigenvalue weighted by Gasteiger charge is -2.20. The van der Waals surface area contributed by atoms with E-state index in [0.29, 0.717) is 34.4 Å². The number of amides is 1. The van der Waals surface area contributed by atoms with E-state index in [-0.39, 0.29) is 24.5 Å². The van der Waals surface area contributed by atoms with Crippen molar-refractivity contribution in [3.63, 3.8) is 0 Å². The van der Waals surface area contributed by atoms with Crippen LogP contribution in [0.5, 0.6) is 0 Å². The standard InChI is InChI=1S/C20H18ClN5O2/c21-13-3-1-11(2-4-13)7-15-14-8-17(14)26(20(15)28)19-16(10-27)18(24-25-19)12-5-6-22-23-9-12/h1-6,9,14-15,17,27H,7-8,10H2,(H,24,25). The van der Waals surface area contributed by atoms with Gasteiger partial charge in [-0.2, -0.15) is 15.3 Å². The number of carbonyl (C=O) groups is 1. The Labute approximate surface area is 166 Å². The van der Waals surface area contributed by atoms with Gasteiger partial charge in [-0.1, -0.05) is 23.7 Å². The van der Waals surface area contributed by atoms with Crippen molar-refractivity contribution in [2.45, 2.75) is 25.5 Å². The molecule has 1 aliphatic carbocycles. The smallest absolute Gasteiger partial charge is 0.232 e.